The number of anilines is 1. The molecule has 23 heavy (non-hydrogen) atoms. The molecule has 0 saturated carbocycles. The highest BCUT2D eigenvalue weighted by molar-refractivity contribution is 14.1. The highest BCUT2D eigenvalue weighted by Gasteiger charge is 2.22. The summed E-state index contributed by atoms with van der Waals surface area (Å²) in [5.41, 5.74) is 1.79. The zero-order valence-electron chi connectivity index (χ0n) is 12.5. The van der Waals surface area contributed by atoms with E-state index in [4.69, 9.17) is 6.42 Å². The molecule has 2 aromatic rings. The molecule has 5 heteroatoms. The van der Waals surface area contributed by atoms with Gasteiger partial charge < -0.3 is 5.32 Å². The molecular weight excluding hydrogens is 403 g/mol. The second-order valence-electron chi connectivity index (χ2n) is 4.74. The van der Waals surface area contributed by atoms with Gasteiger partial charge in [-0.15, -0.1) is 6.42 Å². The van der Waals surface area contributed by atoms with Crippen molar-refractivity contribution >= 4 is 40.1 Å². The highest BCUT2D eigenvalue weighted by atomic mass is 127. The minimum atomic E-state index is -0.254. The fourth-order valence-corrected chi connectivity index (χ4v) is 2.66. The quantitative estimate of drug-likeness (QED) is 0.613. The molecule has 0 fully saturated rings. The van der Waals surface area contributed by atoms with Crippen LogP contribution in [0.3, 0.4) is 0 Å². The Balaban J connectivity index is 2.45. The second kappa shape index (κ2) is 7.79. The summed E-state index contributed by atoms with van der Waals surface area (Å²) < 4.78 is 0.824. The summed E-state index contributed by atoms with van der Waals surface area (Å²) in [6.07, 6.45) is 5.42. The van der Waals surface area contributed by atoms with Crippen molar-refractivity contribution in [2.75, 3.05) is 18.5 Å². The lowest BCUT2D eigenvalue weighted by Crippen LogP contribution is -2.40. The SMILES string of the molecule is C#Cc1cccc(N(CC(=O)NC)C(=O)c2ccccc2I)c1. The van der Waals surface area contributed by atoms with Gasteiger partial charge in [0.05, 0.1) is 5.56 Å². The average molecular weight is 418 g/mol. The van der Waals surface area contributed by atoms with Crippen molar-refractivity contribution in [2.45, 2.75) is 0 Å². The topological polar surface area (TPSA) is 49.4 Å². The monoisotopic (exact) mass is 418 g/mol. The third-order valence-corrected chi connectivity index (χ3v) is 4.20. The van der Waals surface area contributed by atoms with Crippen molar-refractivity contribution in [3.63, 3.8) is 0 Å². The van der Waals surface area contributed by atoms with E-state index in [1.54, 1.807) is 36.4 Å². The zero-order valence-corrected chi connectivity index (χ0v) is 14.7. The number of carbonyl (C=O) groups is 2. The number of hydrogen-bond acceptors (Lipinski definition) is 2. The molecule has 0 aliphatic rings. The van der Waals surface area contributed by atoms with E-state index in [9.17, 15) is 9.59 Å². The summed E-state index contributed by atoms with van der Waals surface area (Å²) in [5, 5.41) is 2.54. The minimum absolute atomic E-state index is 0.0751. The molecule has 0 spiro atoms. The molecule has 0 aromatic heterocycles. The zero-order chi connectivity index (χ0) is 16.8. The number of likely N-dealkylation sites (N-methyl/N-ethyl adjacent to an activating group) is 1. The Kier molecular flexibility index (Phi) is 5.77. The molecule has 0 saturated heterocycles. The van der Waals surface area contributed by atoms with Crippen molar-refractivity contribution in [1.29, 1.82) is 0 Å². The van der Waals surface area contributed by atoms with Crippen LogP contribution in [0.4, 0.5) is 5.69 Å². The number of rotatable bonds is 4. The maximum atomic E-state index is 12.9. The normalized spacial score (nSPS) is 9.78. The number of halogens is 1. The van der Waals surface area contributed by atoms with Gasteiger partial charge in [-0.05, 0) is 52.9 Å². The van der Waals surface area contributed by atoms with Crippen LogP contribution < -0.4 is 10.2 Å². The summed E-state index contributed by atoms with van der Waals surface area (Å²) in [7, 11) is 1.54. The third kappa shape index (κ3) is 4.11. The number of hydrogen-bond donors (Lipinski definition) is 1. The maximum absolute atomic E-state index is 12.9. The second-order valence-corrected chi connectivity index (χ2v) is 5.90. The van der Waals surface area contributed by atoms with Gasteiger partial charge in [0, 0.05) is 21.9 Å². The van der Waals surface area contributed by atoms with E-state index in [0.717, 1.165) is 3.57 Å². The Hall–Kier alpha value is -2.33. The minimum Gasteiger partial charge on any atom is -0.358 e. The summed E-state index contributed by atoms with van der Waals surface area (Å²) >= 11 is 2.10. The number of terminal acetylenes is 1. The fourth-order valence-electron chi connectivity index (χ4n) is 2.05. The van der Waals surface area contributed by atoms with Crippen LogP contribution in [-0.4, -0.2) is 25.4 Å². The standard InChI is InChI=1S/C18H15IN2O2/c1-3-13-7-6-8-14(11-13)21(12-17(22)20-2)18(23)15-9-4-5-10-16(15)19/h1,4-11H,12H2,2H3,(H,20,22). The lowest BCUT2D eigenvalue weighted by Gasteiger charge is -2.23. The highest BCUT2D eigenvalue weighted by Crippen LogP contribution is 2.21. The lowest BCUT2D eigenvalue weighted by atomic mass is 10.1. The Morgan fingerprint density at radius 1 is 1.22 bits per heavy atom. The molecule has 2 amide bonds. The van der Waals surface area contributed by atoms with Gasteiger partial charge in [-0.25, -0.2) is 0 Å². The summed E-state index contributed by atoms with van der Waals surface area (Å²) in [6.45, 7) is -0.0751. The van der Waals surface area contributed by atoms with Crippen LogP contribution in [0.1, 0.15) is 15.9 Å². The molecule has 0 unspecified atom stereocenters. The van der Waals surface area contributed by atoms with Crippen LogP contribution in [0.5, 0.6) is 0 Å². The van der Waals surface area contributed by atoms with Crippen molar-refractivity contribution in [3.8, 4) is 12.3 Å². The molecule has 0 heterocycles. The van der Waals surface area contributed by atoms with E-state index >= 15 is 0 Å². The van der Waals surface area contributed by atoms with E-state index in [0.29, 0.717) is 16.8 Å². The Morgan fingerprint density at radius 3 is 2.61 bits per heavy atom. The van der Waals surface area contributed by atoms with E-state index in [-0.39, 0.29) is 18.4 Å². The summed E-state index contributed by atoms with van der Waals surface area (Å²) in [5.74, 6) is 2.04. The van der Waals surface area contributed by atoms with E-state index < -0.39 is 0 Å². The first kappa shape index (κ1) is 17.0. The molecule has 0 aliphatic carbocycles. The van der Waals surface area contributed by atoms with Crippen LogP contribution >= 0.6 is 22.6 Å². The molecule has 0 atom stereocenters. The van der Waals surface area contributed by atoms with Crippen LogP contribution in [-0.2, 0) is 4.79 Å². The molecule has 116 valence electrons. The van der Waals surface area contributed by atoms with Gasteiger partial charge in [0.25, 0.3) is 5.91 Å². The van der Waals surface area contributed by atoms with Crippen molar-refractivity contribution in [1.82, 2.24) is 5.32 Å². The largest absolute Gasteiger partial charge is 0.358 e. The first-order valence-corrected chi connectivity index (χ1v) is 7.98. The van der Waals surface area contributed by atoms with Crippen molar-refractivity contribution < 1.29 is 9.59 Å². The predicted octanol–water partition coefficient (Wildman–Crippen LogP) is 2.67. The summed E-state index contributed by atoms with van der Waals surface area (Å²) in [4.78, 5) is 26.2. The van der Waals surface area contributed by atoms with Crippen molar-refractivity contribution in [3.05, 3.63) is 63.2 Å². The van der Waals surface area contributed by atoms with Crippen LogP contribution in [0.2, 0.25) is 0 Å². The predicted molar refractivity (Wildman–Crippen MR) is 99.3 cm³/mol. The van der Waals surface area contributed by atoms with Crippen LogP contribution in [0, 0.1) is 15.9 Å². The molecule has 0 aliphatic heterocycles. The molecule has 0 radical (unpaired) electrons. The van der Waals surface area contributed by atoms with Gasteiger partial charge in [0.15, 0.2) is 0 Å². The molecule has 2 aromatic carbocycles. The molecule has 1 N–H and O–H groups in total. The van der Waals surface area contributed by atoms with Gasteiger partial charge >= 0.3 is 0 Å². The number of nitrogens with one attached hydrogen (secondary N) is 1. The number of carbonyl (C=O) groups excluding carboxylic acids is 2. The molecule has 2 rings (SSSR count). The van der Waals surface area contributed by atoms with Gasteiger partial charge in [0.1, 0.15) is 6.54 Å². The Labute approximate surface area is 149 Å². The van der Waals surface area contributed by atoms with Gasteiger partial charge in [-0.1, -0.05) is 24.1 Å². The van der Waals surface area contributed by atoms with Gasteiger partial charge in [-0.2, -0.15) is 0 Å². The molecule has 0 bridgehead atoms. The lowest BCUT2D eigenvalue weighted by molar-refractivity contribution is -0.119. The number of benzene rings is 2. The Morgan fingerprint density at radius 2 is 1.96 bits per heavy atom. The average Bonchev–Trinajstić information content (AvgIpc) is 2.59. The maximum Gasteiger partial charge on any atom is 0.259 e. The molecular formula is C18H15IN2O2. The third-order valence-electron chi connectivity index (χ3n) is 3.25. The van der Waals surface area contributed by atoms with E-state index in [2.05, 4.69) is 33.8 Å². The number of nitrogens with zero attached hydrogens (tertiary/aromatic N) is 1. The van der Waals surface area contributed by atoms with Crippen LogP contribution in [0.15, 0.2) is 48.5 Å². The van der Waals surface area contributed by atoms with E-state index in [1.807, 2.05) is 12.1 Å². The smallest absolute Gasteiger partial charge is 0.259 e. The fraction of sp³-hybridized carbons (Fsp3) is 0.111. The number of amides is 2. The van der Waals surface area contributed by atoms with Gasteiger partial charge in [0.2, 0.25) is 5.91 Å². The van der Waals surface area contributed by atoms with Gasteiger partial charge in [-0.3, -0.25) is 14.5 Å². The van der Waals surface area contributed by atoms with Crippen molar-refractivity contribution in [2.24, 2.45) is 0 Å². The first-order chi connectivity index (χ1) is 11.1. The van der Waals surface area contributed by atoms with E-state index in [1.165, 1.54) is 11.9 Å². The Bertz CT molecular complexity index is 781. The first-order valence-electron chi connectivity index (χ1n) is 6.90. The van der Waals surface area contributed by atoms with Crippen LogP contribution in [0.25, 0.3) is 0 Å². The molecule has 4 nitrogen and oxygen atoms in total. The summed E-state index contributed by atoms with van der Waals surface area (Å²) in [6, 6.07) is 14.3.